The van der Waals surface area contributed by atoms with Gasteiger partial charge < -0.3 is 10.2 Å². The SMILES string of the molecule is O=C(c1cc2n(n1)CCCNC2)N1CCN2CCCCC2C1. The van der Waals surface area contributed by atoms with E-state index >= 15 is 0 Å². The second kappa shape index (κ2) is 6.01. The Bertz CT molecular complexity index is 531. The number of nitrogens with one attached hydrogen (secondary N) is 1. The van der Waals surface area contributed by atoms with Crippen LogP contribution in [0.25, 0.3) is 0 Å². The molecule has 1 aromatic heterocycles. The van der Waals surface area contributed by atoms with Crippen molar-refractivity contribution >= 4 is 5.91 Å². The Kier molecular flexibility index (Phi) is 3.88. The second-order valence-corrected chi connectivity index (χ2v) is 6.71. The number of piperazine rings is 1. The van der Waals surface area contributed by atoms with Crippen LogP contribution in [0.3, 0.4) is 0 Å². The number of aromatic nitrogens is 2. The van der Waals surface area contributed by atoms with Gasteiger partial charge in [-0.2, -0.15) is 5.10 Å². The average Bonchev–Trinajstić information content (AvgIpc) is 2.84. The minimum absolute atomic E-state index is 0.116. The number of piperidine rings is 1. The first-order chi connectivity index (χ1) is 10.8. The van der Waals surface area contributed by atoms with Crippen LogP contribution >= 0.6 is 0 Å². The molecule has 2 fully saturated rings. The Morgan fingerprint density at radius 3 is 3.09 bits per heavy atom. The third kappa shape index (κ3) is 2.65. The van der Waals surface area contributed by atoms with Crippen molar-refractivity contribution < 1.29 is 4.79 Å². The quantitative estimate of drug-likeness (QED) is 0.829. The zero-order valence-corrected chi connectivity index (χ0v) is 13.1. The Labute approximate surface area is 131 Å². The van der Waals surface area contributed by atoms with E-state index in [0.29, 0.717) is 11.7 Å². The molecule has 3 aliphatic rings. The van der Waals surface area contributed by atoms with E-state index in [-0.39, 0.29) is 5.91 Å². The van der Waals surface area contributed by atoms with Crippen LogP contribution in [0, 0.1) is 0 Å². The second-order valence-electron chi connectivity index (χ2n) is 6.71. The molecule has 1 amide bonds. The van der Waals surface area contributed by atoms with Crippen LogP contribution < -0.4 is 5.32 Å². The van der Waals surface area contributed by atoms with Gasteiger partial charge >= 0.3 is 0 Å². The van der Waals surface area contributed by atoms with Crippen LogP contribution in [-0.4, -0.2) is 64.3 Å². The van der Waals surface area contributed by atoms with Crippen molar-refractivity contribution in [3.63, 3.8) is 0 Å². The molecule has 1 atom stereocenters. The van der Waals surface area contributed by atoms with Gasteiger partial charge in [-0.15, -0.1) is 0 Å². The van der Waals surface area contributed by atoms with Gasteiger partial charge in [0.1, 0.15) is 0 Å². The molecule has 4 rings (SSSR count). The highest BCUT2D eigenvalue weighted by atomic mass is 16.2. The predicted octanol–water partition coefficient (Wildman–Crippen LogP) is 0.687. The van der Waals surface area contributed by atoms with Crippen molar-refractivity contribution in [2.75, 3.05) is 32.7 Å². The standard InChI is InChI=1S/C16H25N5O/c22-16(15-10-14-11-17-5-3-7-21(14)18-15)20-9-8-19-6-2-1-4-13(19)12-20/h10,13,17H,1-9,11-12H2. The Balaban J connectivity index is 1.47. The number of amides is 1. The zero-order valence-electron chi connectivity index (χ0n) is 13.1. The summed E-state index contributed by atoms with van der Waals surface area (Å²) in [6, 6.07) is 2.54. The molecule has 0 spiro atoms. The number of fused-ring (bicyclic) bond motifs is 2. The van der Waals surface area contributed by atoms with Crippen molar-refractivity contribution in [1.82, 2.24) is 24.9 Å². The van der Waals surface area contributed by atoms with Crippen LogP contribution in [-0.2, 0) is 13.1 Å². The minimum Gasteiger partial charge on any atom is -0.334 e. The van der Waals surface area contributed by atoms with Gasteiger partial charge in [0.15, 0.2) is 5.69 Å². The summed E-state index contributed by atoms with van der Waals surface area (Å²) in [5.41, 5.74) is 1.76. The summed E-state index contributed by atoms with van der Waals surface area (Å²) in [4.78, 5) is 17.4. The van der Waals surface area contributed by atoms with Crippen molar-refractivity contribution in [2.45, 2.75) is 44.8 Å². The smallest absolute Gasteiger partial charge is 0.274 e. The molecule has 0 bridgehead atoms. The molecule has 6 nitrogen and oxygen atoms in total. The van der Waals surface area contributed by atoms with E-state index in [9.17, 15) is 4.79 Å². The highest BCUT2D eigenvalue weighted by Gasteiger charge is 2.32. The van der Waals surface area contributed by atoms with Gasteiger partial charge in [-0.05, 0) is 38.4 Å². The van der Waals surface area contributed by atoms with E-state index in [0.717, 1.165) is 51.4 Å². The Morgan fingerprint density at radius 2 is 2.14 bits per heavy atom. The largest absolute Gasteiger partial charge is 0.334 e. The molecule has 0 aliphatic carbocycles. The van der Waals surface area contributed by atoms with E-state index in [1.165, 1.54) is 25.8 Å². The van der Waals surface area contributed by atoms with Gasteiger partial charge in [-0.1, -0.05) is 6.42 Å². The van der Waals surface area contributed by atoms with Crippen molar-refractivity contribution in [2.24, 2.45) is 0 Å². The summed E-state index contributed by atoms with van der Waals surface area (Å²) in [5.74, 6) is 0.116. The predicted molar refractivity (Wildman–Crippen MR) is 83.7 cm³/mol. The number of rotatable bonds is 1. The van der Waals surface area contributed by atoms with Crippen LogP contribution in [0.4, 0.5) is 0 Å². The van der Waals surface area contributed by atoms with E-state index in [2.05, 4.69) is 15.3 Å². The lowest BCUT2D eigenvalue weighted by Crippen LogP contribution is -2.56. The molecule has 22 heavy (non-hydrogen) atoms. The van der Waals surface area contributed by atoms with Crippen molar-refractivity contribution in [3.05, 3.63) is 17.5 Å². The average molecular weight is 303 g/mol. The first-order valence-electron chi connectivity index (χ1n) is 8.62. The number of nitrogens with zero attached hydrogens (tertiary/aromatic N) is 4. The molecule has 1 unspecified atom stereocenters. The molecule has 3 aliphatic heterocycles. The molecule has 6 heteroatoms. The summed E-state index contributed by atoms with van der Waals surface area (Å²) in [7, 11) is 0. The maximum absolute atomic E-state index is 12.8. The van der Waals surface area contributed by atoms with Gasteiger partial charge in [-0.25, -0.2) is 0 Å². The lowest BCUT2D eigenvalue weighted by molar-refractivity contribution is 0.0367. The monoisotopic (exact) mass is 303 g/mol. The van der Waals surface area contributed by atoms with Gasteiger partial charge in [0.25, 0.3) is 5.91 Å². The van der Waals surface area contributed by atoms with E-state index in [1.54, 1.807) is 0 Å². The van der Waals surface area contributed by atoms with Crippen LogP contribution in [0.15, 0.2) is 6.07 Å². The Morgan fingerprint density at radius 1 is 1.18 bits per heavy atom. The third-order valence-corrected chi connectivity index (χ3v) is 5.24. The molecule has 0 radical (unpaired) electrons. The van der Waals surface area contributed by atoms with E-state index in [4.69, 9.17) is 0 Å². The molecule has 4 heterocycles. The molecular formula is C16H25N5O. The topological polar surface area (TPSA) is 53.4 Å². The van der Waals surface area contributed by atoms with Crippen molar-refractivity contribution in [3.8, 4) is 0 Å². The number of hydrogen-bond donors (Lipinski definition) is 1. The molecule has 120 valence electrons. The lowest BCUT2D eigenvalue weighted by Gasteiger charge is -2.43. The molecule has 1 N–H and O–H groups in total. The number of hydrogen-bond acceptors (Lipinski definition) is 4. The number of carbonyl (C=O) groups is 1. The summed E-state index contributed by atoms with van der Waals surface area (Å²) in [5, 5.41) is 7.94. The summed E-state index contributed by atoms with van der Waals surface area (Å²) >= 11 is 0. The molecule has 0 saturated carbocycles. The van der Waals surface area contributed by atoms with Gasteiger partial charge in [0.05, 0.1) is 5.69 Å². The first kappa shape index (κ1) is 14.2. The summed E-state index contributed by atoms with van der Waals surface area (Å²) in [6.07, 6.45) is 4.91. The van der Waals surface area contributed by atoms with Gasteiger partial charge in [-0.3, -0.25) is 14.4 Å². The number of carbonyl (C=O) groups excluding carboxylic acids is 1. The fourth-order valence-electron chi connectivity index (χ4n) is 3.97. The number of aryl methyl sites for hydroxylation is 1. The van der Waals surface area contributed by atoms with E-state index < -0.39 is 0 Å². The fourth-order valence-corrected chi connectivity index (χ4v) is 3.97. The third-order valence-electron chi connectivity index (χ3n) is 5.24. The fraction of sp³-hybridized carbons (Fsp3) is 0.750. The minimum atomic E-state index is 0.116. The molecule has 1 aromatic rings. The highest BCUT2D eigenvalue weighted by Crippen LogP contribution is 2.22. The van der Waals surface area contributed by atoms with Crippen LogP contribution in [0.1, 0.15) is 41.9 Å². The van der Waals surface area contributed by atoms with Crippen LogP contribution in [0.5, 0.6) is 0 Å². The van der Waals surface area contributed by atoms with Gasteiger partial charge in [0.2, 0.25) is 0 Å². The Hall–Kier alpha value is -1.40. The van der Waals surface area contributed by atoms with E-state index in [1.807, 2.05) is 15.6 Å². The molecule has 0 aromatic carbocycles. The molecular weight excluding hydrogens is 278 g/mol. The molecule has 2 saturated heterocycles. The lowest BCUT2D eigenvalue weighted by atomic mass is 9.99. The summed E-state index contributed by atoms with van der Waals surface area (Å²) < 4.78 is 2.00. The van der Waals surface area contributed by atoms with Crippen molar-refractivity contribution in [1.29, 1.82) is 0 Å². The first-order valence-corrected chi connectivity index (χ1v) is 8.62. The maximum atomic E-state index is 12.8. The highest BCUT2D eigenvalue weighted by molar-refractivity contribution is 5.92. The maximum Gasteiger partial charge on any atom is 0.274 e. The van der Waals surface area contributed by atoms with Crippen LogP contribution in [0.2, 0.25) is 0 Å². The summed E-state index contributed by atoms with van der Waals surface area (Å²) in [6.45, 7) is 6.69. The normalized spacial score (nSPS) is 26.2. The van der Waals surface area contributed by atoms with Gasteiger partial charge in [0, 0.05) is 38.8 Å². The zero-order chi connectivity index (χ0) is 14.9.